The van der Waals surface area contributed by atoms with Gasteiger partial charge in [0.25, 0.3) is 10.2 Å². The number of nitrogens with one attached hydrogen (secondary N) is 1. The summed E-state index contributed by atoms with van der Waals surface area (Å²) in [5.41, 5.74) is 0. The van der Waals surface area contributed by atoms with Gasteiger partial charge >= 0.3 is 5.97 Å². The van der Waals surface area contributed by atoms with Crippen LogP contribution in [0.25, 0.3) is 0 Å². The second-order valence-electron chi connectivity index (χ2n) is 4.92. The van der Waals surface area contributed by atoms with E-state index in [1.807, 2.05) is 13.8 Å². The third-order valence-electron chi connectivity index (χ3n) is 3.22. The van der Waals surface area contributed by atoms with E-state index in [1.54, 1.807) is 0 Å². The van der Waals surface area contributed by atoms with E-state index in [0.29, 0.717) is 25.9 Å². The maximum absolute atomic E-state index is 12.7. The van der Waals surface area contributed by atoms with Gasteiger partial charge in [-0.15, -0.1) is 0 Å². The molecule has 0 aromatic carbocycles. The van der Waals surface area contributed by atoms with Gasteiger partial charge in [-0.05, 0) is 12.8 Å². The SMILES string of the molecule is CCCN(CCC)S(=O)(=O)N1CCNC(=O)C1CC(=O)O. The molecule has 8 nitrogen and oxygen atoms in total. The van der Waals surface area contributed by atoms with E-state index in [2.05, 4.69) is 5.32 Å². The van der Waals surface area contributed by atoms with Crippen molar-refractivity contribution in [1.29, 1.82) is 0 Å². The van der Waals surface area contributed by atoms with Crippen molar-refractivity contribution < 1.29 is 23.1 Å². The fourth-order valence-corrected chi connectivity index (χ4v) is 4.26. The van der Waals surface area contributed by atoms with Crippen molar-refractivity contribution in [2.24, 2.45) is 0 Å². The number of hydrogen-bond acceptors (Lipinski definition) is 4. The number of nitrogens with zero attached hydrogens (tertiary/aromatic N) is 2. The Labute approximate surface area is 125 Å². The van der Waals surface area contributed by atoms with Crippen molar-refractivity contribution in [2.75, 3.05) is 26.2 Å². The van der Waals surface area contributed by atoms with Crippen molar-refractivity contribution in [3.63, 3.8) is 0 Å². The third kappa shape index (κ3) is 4.39. The number of hydrogen-bond donors (Lipinski definition) is 2. The molecule has 2 N–H and O–H groups in total. The van der Waals surface area contributed by atoms with Crippen molar-refractivity contribution >= 4 is 22.1 Å². The molecule has 0 spiro atoms. The molecular formula is C12H23N3O5S. The maximum atomic E-state index is 12.7. The fourth-order valence-electron chi connectivity index (χ4n) is 2.32. The van der Waals surface area contributed by atoms with Crippen LogP contribution in [0.2, 0.25) is 0 Å². The first-order valence-electron chi connectivity index (χ1n) is 7.11. The molecule has 0 bridgehead atoms. The zero-order valence-electron chi connectivity index (χ0n) is 12.4. The smallest absolute Gasteiger partial charge is 0.305 e. The number of piperazine rings is 1. The molecule has 1 atom stereocenters. The summed E-state index contributed by atoms with van der Waals surface area (Å²) in [4.78, 5) is 22.7. The Balaban J connectivity index is 3.05. The summed E-state index contributed by atoms with van der Waals surface area (Å²) in [6.45, 7) is 4.74. The number of carboxylic acids is 1. The van der Waals surface area contributed by atoms with Crippen LogP contribution >= 0.6 is 0 Å². The molecule has 1 aliphatic rings. The molecule has 9 heteroatoms. The first-order chi connectivity index (χ1) is 9.84. The van der Waals surface area contributed by atoms with Crippen molar-refractivity contribution in [1.82, 2.24) is 13.9 Å². The van der Waals surface area contributed by atoms with Crippen LogP contribution in [0.15, 0.2) is 0 Å². The van der Waals surface area contributed by atoms with Gasteiger partial charge in [-0.25, -0.2) is 0 Å². The van der Waals surface area contributed by atoms with E-state index in [4.69, 9.17) is 5.11 Å². The highest BCUT2D eigenvalue weighted by Gasteiger charge is 2.41. The molecule has 1 amide bonds. The predicted octanol–water partition coefficient (Wildman–Crippen LogP) is -0.372. The molecule has 0 aliphatic carbocycles. The summed E-state index contributed by atoms with van der Waals surface area (Å²) in [5.74, 6) is -1.75. The van der Waals surface area contributed by atoms with E-state index in [9.17, 15) is 18.0 Å². The Morgan fingerprint density at radius 3 is 2.43 bits per heavy atom. The van der Waals surface area contributed by atoms with Crippen molar-refractivity contribution in [3.05, 3.63) is 0 Å². The van der Waals surface area contributed by atoms with Gasteiger partial charge in [0.15, 0.2) is 0 Å². The highest BCUT2D eigenvalue weighted by molar-refractivity contribution is 7.86. The first kappa shape index (κ1) is 17.9. The minimum atomic E-state index is -3.83. The van der Waals surface area contributed by atoms with Gasteiger partial charge in [0, 0.05) is 26.2 Å². The number of rotatable bonds is 8. The van der Waals surface area contributed by atoms with E-state index >= 15 is 0 Å². The molecule has 0 saturated carbocycles. The molecule has 122 valence electrons. The van der Waals surface area contributed by atoms with Gasteiger partial charge < -0.3 is 10.4 Å². The minimum Gasteiger partial charge on any atom is -0.481 e. The van der Waals surface area contributed by atoms with Crippen LogP contribution in [0, 0.1) is 0 Å². The second kappa shape index (κ2) is 7.71. The summed E-state index contributed by atoms with van der Waals surface area (Å²) in [6.07, 6.45) is 0.781. The number of carboxylic acid groups (broad SMARTS) is 1. The lowest BCUT2D eigenvalue weighted by molar-refractivity contribution is -0.141. The Morgan fingerprint density at radius 2 is 1.95 bits per heavy atom. The molecule has 1 heterocycles. The fraction of sp³-hybridized carbons (Fsp3) is 0.833. The van der Waals surface area contributed by atoms with Crippen molar-refractivity contribution in [2.45, 2.75) is 39.2 Å². The predicted molar refractivity (Wildman–Crippen MR) is 76.8 cm³/mol. The lowest BCUT2D eigenvalue weighted by Gasteiger charge is -2.36. The Hall–Kier alpha value is -1.19. The summed E-state index contributed by atoms with van der Waals surface area (Å²) in [5, 5.41) is 11.4. The van der Waals surface area contributed by atoms with Crippen LogP contribution < -0.4 is 5.32 Å². The normalized spacial score (nSPS) is 20.5. The third-order valence-corrected chi connectivity index (χ3v) is 5.27. The van der Waals surface area contributed by atoms with Gasteiger partial charge in [-0.2, -0.15) is 17.0 Å². The first-order valence-corrected chi connectivity index (χ1v) is 8.50. The molecular weight excluding hydrogens is 298 g/mol. The monoisotopic (exact) mass is 321 g/mol. The van der Waals surface area contributed by atoms with Crippen molar-refractivity contribution in [3.8, 4) is 0 Å². The number of carbonyl (C=O) groups excluding carboxylic acids is 1. The molecule has 0 aromatic heterocycles. The highest BCUT2D eigenvalue weighted by Crippen LogP contribution is 2.18. The zero-order chi connectivity index (χ0) is 16.0. The van der Waals surface area contributed by atoms with Crippen LogP contribution in [0.4, 0.5) is 0 Å². The lowest BCUT2D eigenvalue weighted by atomic mass is 10.1. The Morgan fingerprint density at radius 1 is 1.38 bits per heavy atom. The Kier molecular flexibility index (Phi) is 6.56. The summed E-state index contributed by atoms with van der Waals surface area (Å²) >= 11 is 0. The molecule has 21 heavy (non-hydrogen) atoms. The van der Waals surface area contributed by atoms with E-state index < -0.39 is 34.5 Å². The van der Waals surface area contributed by atoms with Crippen LogP contribution in [0.1, 0.15) is 33.1 Å². The zero-order valence-corrected chi connectivity index (χ0v) is 13.2. The second-order valence-corrected chi connectivity index (χ2v) is 6.80. The summed E-state index contributed by atoms with van der Waals surface area (Å²) < 4.78 is 27.7. The van der Waals surface area contributed by atoms with Crippen LogP contribution in [-0.4, -0.2) is 66.2 Å². The maximum Gasteiger partial charge on any atom is 0.305 e. The van der Waals surface area contributed by atoms with Gasteiger partial charge in [-0.3, -0.25) is 9.59 Å². The summed E-state index contributed by atoms with van der Waals surface area (Å²) in [7, 11) is -3.83. The molecule has 1 rings (SSSR count). The average molecular weight is 321 g/mol. The molecule has 1 saturated heterocycles. The molecule has 0 radical (unpaired) electrons. The lowest BCUT2D eigenvalue weighted by Crippen LogP contribution is -2.60. The number of carbonyl (C=O) groups is 2. The minimum absolute atomic E-state index is 0.0932. The van der Waals surface area contributed by atoms with Crippen LogP contribution in [0.3, 0.4) is 0 Å². The average Bonchev–Trinajstić information content (AvgIpc) is 2.40. The Bertz CT molecular complexity index is 473. The molecule has 1 unspecified atom stereocenters. The molecule has 0 aromatic rings. The topological polar surface area (TPSA) is 107 Å². The number of amides is 1. The van der Waals surface area contributed by atoms with Crippen LogP contribution in [-0.2, 0) is 19.8 Å². The van der Waals surface area contributed by atoms with Gasteiger partial charge in [0.05, 0.1) is 6.42 Å². The quantitative estimate of drug-likeness (QED) is 0.634. The van der Waals surface area contributed by atoms with Gasteiger partial charge in [0.2, 0.25) is 5.91 Å². The standard InChI is InChI=1S/C12H23N3O5S/c1-3-6-14(7-4-2)21(19,20)15-8-5-13-12(18)10(15)9-11(16)17/h10H,3-9H2,1-2H3,(H,13,18)(H,16,17). The number of aliphatic carboxylic acids is 1. The largest absolute Gasteiger partial charge is 0.481 e. The van der Waals surface area contributed by atoms with Gasteiger partial charge in [-0.1, -0.05) is 13.8 Å². The van der Waals surface area contributed by atoms with Crippen LogP contribution in [0.5, 0.6) is 0 Å². The van der Waals surface area contributed by atoms with E-state index in [-0.39, 0.29) is 13.1 Å². The molecule has 1 fully saturated rings. The van der Waals surface area contributed by atoms with E-state index in [1.165, 1.54) is 4.31 Å². The van der Waals surface area contributed by atoms with E-state index in [0.717, 1.165) is 4.31 Å². The summed E-state index contributed by atoms with van der Waals surface area (Å²) in [6, 6.07) is -1.18. The van der Waals surface area contributed by atoms with Gasteiger partial charge in [0.1, 0.15) is 6.04 Å². The molecule has 1 aliphatic heterocycles. The highest BCUT2D eigenvalue weighted by atomic mass is 32.2.